The Morgan fingerprint density at radius 1 is 1.12 bits per heavy atom. The fourth-order valence-corrected chi connectivity index (χ4v) is 6.10. The highest BCUT2D eigenvalue weighted by atomic mass is 32.2. The first kappa shape index (κ1) is 16.9. The Kier molecular flexibility index (Phi) is 4.84. The average Bonchev–Trinajstić information content (AvgIpc) is 3.06. The topological polar surface area (TPSA) is 36.9 Å². The third-order valence-corrected chi connectivity index (χ3v) is 7.11. The lowest BCUT2D eigenvalue weighted by molar-refractivity contribution is 0.568. The summed E-state index contributed by atoms with van der Waals surface area (Å²) in [6.45, 7) is 7.22. The molecular formula is C20H21NOSSi. The van der Waals surface area contributed by atoms with Crippen LogP contribution in [0.4, 0.5) is 0 Å². The van der Waals surface area contributed by atoms with E-state index in [1.165, 1.54) is 10.9 Å². The van der Waals surface area contributed by atoms with Gasteiger partial charge in [0.05, 0.1) is 24.2 Å². The maximum atomic E-state index is 9.35. The summed E-state index contributed by atoms with van der Waals surface area (Å²) in [5, 5.41) is 11.6. The van der Waals surface area contributed by atoms with E-state index in [0.29, 0.717) is 5.56 Å². The van der Waals surface area contributed by atoms with Crippen LogP contribution in [0, 0.1) is 11.3 Å². The van der Waals surface area contributed by atoms with Crippen LogP contribution >= 0.6 is 11.8 Å². The van der Waals surface area contributed by atoms with Gasteiger partial charge in [-0.25, -0.2) is 0 Å². The number of benzene rings is 2. The van der Waals surface area contributed by atoms with Gasteiger partial charge in [0.1, 0.15) is 0 Å². The van der Waals surface area contributed by atoms with E-state index in [1.54, 1.807) is 12.5 Å². The Hall–Kier alpha value is -1.96. The fourth-order valence-electron chi connectivity index (χ4n) is 2.63. The van der Waals surface area contributed by atoms with Gasteiger partial charge in [-0.1, -0.05) is 25.7 Å². The maximum absolute atomic E-state index is 9.35. The van der Waals surface area contributed by atoms with Crippen LogP contribution in [0.2, 0.25) is 25.7 Å². The highest BCUT2D eigenvalue weighted by Gasteiger charge is 2.13. The lowest BCUT2D eigenvalue weighted by Crippen LogP contribution is -2.19. The molecule has 3 aromatic rings. The Labute approximate surface area is 148 Å². The molecule has 0 amide bonds. The second kappa shape index (κ2) is 6.88. The minimum absolute atomic E-state index is 0.683. The molecule has 0 aliphatic rings. The van der Waals surface area contributed by atoms with Crippen molar-refractivity contribution >= 4 is 30.6 Å². The zero-order valence-corrected chi connectivity index (χ0v) is 16.1. The molecule has 0 N–H and O–H groups in total. The number of hydrogen-bond acceptors (Lipinski definition) is 3. The molecule has 0 spiro atoms. The average molecular weight is 352 g/mol. The summed E-state index contributed by atoms with van der Waals surface area (Å²) in [5.41, 5.74) is 2.75. The highest BCUT2D eigenvalue weighted by molar-refractivity contribution is 7.99. The summed E-state index contributed by atoms with van der Waals surface area (Å²) >= 11 is 1.91. The summed E-state index contributed by atoms with van der Waals surface area (Å²) in [5.74, 6) is 1.16. The molecule has 0 radical (unpaired) electrons. The maximum Gasteiger partial charge on any atom is 0.0992 e. The number of rotatable bonds is 5. The molecule has 24 heavy (non-hydrogen) atoms. The van der Waals surface area contributed by atoms with Gasteiger partial charge in [-0.15, -0.1) is 11.8 Å². The highest BCUT2D eigenvalue weighted by Crippen LogP contribution is 2.33. The van der Waals surface area contributed by atoms with Crippen LogP contribution < -0.4 is 0 Å². The first-order valence-corrected chi connectivity index (χ1v) is 12.8. The predicted molar refractivity (Wildman–Crippen MR) is 105 cm³/mol. The molecule has 122 valence electrons. The third-order valence-electron chi connectivity index (χ3n) is 4.01. The molecule has 0 atom stereocenters. The normalized spacial score (nSPS) is 11.6. The zero-order valence-electron chi connectivity index (χ0n) is 14.3. The van der Waals surface area contributed by atoms with Crippen LogP contribution in [0.25, 0.3) is 21.9 Å². The molecule has 1 heterocycles. The summed E-state index contributed by atoms with van der Waals surface area (Å²) in [7, 11) is -0.999. The van der Waals surface area contributed by atoms with E-state index >= 15 is 0 Å². The fraction of sp³-hybridized carbons (Fsp3) is 0.250. The van der Waals surface area contributed by atoms with Gasteiger partial charge in [0.25, 0.3) is 0 Å². The number of hydrogen-bond donors (Lipinski definition) is 0. The Balaban J connectivity index is 1.96. The number of nitrogens with zero attached hydrogens (tertiary/aromatic N) is 1. The van der Waals surface area contributed by atoms with Gasteiger partial charge in [0, 0.05) is 18.5 Å². The van der Waals surface area contributed by atoms with Crippen LogP contribution in [0.3, 0.4) is 0 Å². The standard InChI is InChI=1S/C20H21NOSSi/c1-24(2,3)9-8-23-18-4-5-19-17(12-18)10-15(13-21)11-20(19)16-6-7-22-14-16/h4-7,10-12,14H,8-9H2,1-3H3. The minimum atomic E-state index is -0.999. The van der Waals surface area contributed by atoms with Crippen molar-refractivity contribution in [2.24, 2.45) is 0 Å². The van der Waals surface area contributed by atoms with Gasteiger partial charge in [-0.3, -0.25) is 0 Å². The van der Waals surface area contributed by atoms with Crippen LogP contribution in [0.5, 0.6) is 0 Å². The van der Waals surface area contributed by atoms with Gasteiger partial charge in [-0.05, 0) is 58.5 Å². The van der Waals surface area contributed by atoms with E-state index < -0.39 is 8.07 Å². The van der Waals surface area contributed by atoms with E-state index in [1.807, 2.05) is 30.0 Å². The van der Waals surface area contributed by atoms with E-state index in [2.05, 4.69) is 43.9 Å². The summed E-state index contributed by atoms with van der Waals surface area (Å²) < 4.78 is 5.22. The van der Waals surface area contributed by atoms with Crippen molar-refractivity contribution < 1.29 is 4.42 Å². The smallest absolute Gasteiger partial charge is 0.0992 e. The molecule has 0 saturated carbocycles. The summed E-state index contributed by atoms with van der Waals surface area (Å²) in [6.07, 6.45) is 3.40. The van der Waals surface area contributed by atoms with Crippen molar-refractivity contribution in [2.45, 2.75) is 30.6 Å². The van der Waals surface area contributed by atoms with Crippen molar-refractivity contribution in [1.29, 1.82) is 5.26 Å². The van der Waals surface area contributed by atoms with Crippen molar-refractivity contribution in [3.05, 3.63) is 54.5 Å². The lowest BCUT2D eigenvalue weighted by Gasteiger charge is -2.15. The van der Waals surface area contributed by atoms with Crippen molar-refractivity contribution in [2.75, 3.05) is 5.75 Å². The van der Waals surface area contributed by atoms with Gasteiger partial charge in [-0.2, -0.15) is 5.26 Å². The predicted octanol–water partition coefficient (Wildman–Crippen LogP) is 6.40. The van der Waals surface area contributed by atoms with Crippen molar-refractivity contribution in [3.63, 3.8) is 0 Å². The van der Waals surface area contributed by atoms with E-state index in [4.69, 9.17) is 4.42 Å². The first-order chi connectivity index (χ1) is 11.5. The lowest BCUT2D eigenvalue weighted by atomic mass is 9.97. The Morgan fingerprint density at radius 2 is 1.96 bits per heavy atom. The van der Waals surface area contributed by atoms with E-state index in [9.17, 15) is 5.26 Å². The van der Waals surface area contributed by atoms with Gasteiger partial charge >= 0.3 is 0 Å². The zero-order chi connectivity index (χ0) is 17.2. The number of nitriles is 1. The van der Waals surface area contributed by atoms with Crippen molar-refractivity contribution in [1.82, 2.24) is 0 Å². The van der Waals surface area contributed by atoms with Crippen LogP contribution in [0.15, 0.2) is 58.2 Å². The SMILES string of the molecule is C[Si](C)(C)CCSc1ccc2c(-c3ccoc3)cc(C#N)cc2c1. The number of furan rings is 1. The monoisotopic (exact) mass is 351 g/mol. The molecule has 2 aromatic carbocycles. The van der Waals surface area contributed by atoms with E-state index in [-0.39, 0.29) is 0 Å². The number of fused-ring (bicyclic) bond motifs is 1. The van der Waals surface area contributed by atoms with Gasteiger partial charge < -0.3 is 4.42 Å². The van der Waals surface area contributed by atoms with Crippen LogP contribution in [-0.2, 0) is 0 Å². The summed E-state index contributed by atoms with van der Waals surface area (Å²) in [4.78, 5) is 1.27. The Morgan fingerprint density at radius 3 is 2.62 bits per heavy atom. The number of thioether (sulfide) groups is 1. The molecule has 0 aliphatic heterocycles. The molecular weight excluding hydrogens is 330 g/mol. The van der Waals surface area contributed by atoms with Gasteiger partial charge in [0.15, 0.2) is 0 Å². The quantitative estimate of drug-likeness (QED) is 0.394. The Bertz CT molecular complexity index is 888. The van der Waals surface area contributed by atoms with Gasteiger partial charge in [0.2, 0.25) is 0 Å². The molecule has 0 bridgehead atoms. The molecule has 3 rings (SSSR count). The van der Waals surface area contributed by atoms with E-state index in [0.717, 1.165) is 27.7 Å². The second-order valence-electron chi connectivity index (χ2n) is 7.19. The molecule has 0 saturated heterocycles. The minimum Gasteiger partial charge on any atom is -0.472 e. The molecule has 0 aliphatic carbocycles. The summed E-state index contributed by atoms with van der Waals surface area (Å²) in [6, 6.07) is 16.0. The molecule has 4 heteroatoms. The van der Waals surface area contributed by atoms with Crippen LogP contribution in [0.1, 0.15) is 5.56 Å². The molecule has 0 unspecified atom stereocenters. The molecule has 0 fully saturated rings. The van der Waals surface area contributed by atoms with Crippen LogP contribution in [-0.4, -0.2) is 13.8 Å². The third kappa shape index (κ3) is 3.92. The molecule has 2 nitrogen and oxygen atoms in total. The molecule has 1 aromatic heterocycles. The van der Waals surface area contributed by atoms with Crippen molar-refractivity contribution in [3.8, 4) is 17.2 Å². The second-order valence-corrected chi connectivity index (χ2v) is 14.0. The first-order valence-electron chi connectivity index (χ1n) is 8.09. The largest absolute Gasteiger partial charge is 0.472 e.